The Labute approximate surface area is 221 Å². The number of aryl methyl sites for hydroxylation is 1. The second kappa shape index (κ2) is 11.8. The van der Waals surface area contributed by atoms with Gasteiger partial charge >= 0.3 is 5.97 Å². The highest BCUT2D eigenvalue weighted by atomic mass is 19.1. The third-order valence-corrected chi connectivity index (χ3v) is 6.86. The summed E-state index contributed by atoms with van der Waals surface area (Å²) in [6.45, 7) is 4.84. The average molecular weight is 525 g/mol. The van der Waals surface area contributed by atoms with Gasteiger partial charge in [0, 0.05) is 37.0 Å². The van der Waals surface area contributed by atoms with Crippen LogP contribution in [0, 0.1) is 17.6 Å². The van der Waals surface area contributed by atoms with Crippen LogP contribution in [0.5, 0.6) is 0 Å². The predicted octanol–water partition coefficient (Wildman–Crippen LogP) is 6.04. The highest BCUT2D eigenvalue weighted by Crippen LogP contribution is 2.39. The maximum atomic E-state index is 15.8. The van der Waals surface area contributed by atoms with Gasteiger partial charge in [-0.3, -0.25) is 9.48 Å². The van der Waals surface area contributed by atoms with Crippen LogP contribution in [0.25, 0.3) is 11.1 Å². The lowest BCUT2D eigenvalue weighted by molar-refractivity contribution is -0.115. The molecule has 0 spiro atoms. The van der Waals surface area contributed by atoms with E-state index in [9.17, 15) is 19.1 Å². The second-order valence-corrected chi connectivity index (χ2v) is 10.4. The van der Waals surface area contributed by atoms with Gasteiger partial charge in [-0.25, -0.2) is 13.6 Å². The highest BCUT2D eigenvalue weighted by Gasteiger charge is 2.27. The summed E-state index contributed by atoms with van der Waals surface area (Å²) in [4.78, 5) is 27.1. The van der Waals surface area contributed by atoms with E-state index in [-0.39, 0.29) is 41.0 Å². The van der Waals surface area contributed by atoms with Crippen molar-refractivity contribution in [3.8, 4) is 11.1 Å². The van der Waals surface area contributed by atoms with Crippen LogP contribution in [0.3, 0.4) is 0 Å². The van der Waals surface area contributed by atoms with Crippen molar-refractivity contribution in [3.05, 3.63) is 65.5 Å². The Bertz CT molecular complexity index is 1320. The third-order valence-electron chi connectivity index (χ3n) is 6.86. The van der Waals surface area contributed by atoms with Gasteiger partial charge in [-0.2, -0.15) is 5.10 Å². The van der Waals surface area contributed by atoms with E-state index in [1.165, 1.54) is 12.1 Å². The number of anilines is 2. The van der Waals surface area contributed by atoms with Crippen molar-refractivity contribution < 1.29 is 23.5 Å². The SMILES string of the molecule is CC(C)CN(c1cc(F)c(-c2cc(F)ccc2C(=O)O)cc1NC(=O)Cc1ccn(C)n1)C1CCCCC1. The monoisotopic (exact) mass is 524 g/mol. The molecule has 0 unspecified atom stereocenters. The molecule has 1 heterocycles. The number of halogens is 2. The quantitative estimate of drug-likeness (QED) is 0.356. The summed E-state index contributed by atoms with van der Waals surface area (Å²) in [5, 5.41) is 16.9. The number of rotatable bonds is 9. The Morgan fingerprint density at radius 3 is 2.47 bits per heavy atom. The Kier molecular flexibility index (Phi) is 8.44. The number of aromatic carboxylic acids is 1. The molecule has 1 aliphatic rings. The summed E-state index contributed by atoms with van der Waals surface area (Å²) in [5.41, 5.74) is 1.07. The number of amides is 1. The summed E-state index contributed by atoms with van der Waals surface area (Å²) in [7, 11) is 1.76. The highest BCUT2D eigenvalue weighted by molar-refractivity contribution is 5.99. The number of nitrogens with zero attached hydrogens (tertiary/aromatic N) is 3. The molecular weight excluding hydrogens is 490 g/mol. The molecule has 0 saturated heterocycles. The van der Waals surface area contributed by atoms with Crippen molar-refractivity contribution in [2.75, 3.05) is 16.8 Å². The molecule has 0 aliphatic heterocycles. The fourth-order valence-electron chi connectivity index (χ4n) is 5.18. The number of carbonyl (C=O) groups excluding carboxylic acids is 1. The minimum Gasteiger partial charge on any atom is -0.478 e. The lowest BCUT2D eigenvalue weighted by atomic mass is 9.92. The van der Waals surface area contributed by atoms with Crippen LogP contribution in [-0.2, 0) is 18.3 Å². The molecule has 38 heavy (non-hydrogen) atoms. The molecule has 2 N–H and O–H groups in total. The van der Waals surface area contributed by atoms with Crippen LogP contribution >= 0.6 is 0 Å². The molecule has 0 atom stereocenters. The number of aromatic nitrogens is 2. The fourth-order valence-corrected chi connectivity index (χ4v) is 5.18. The number of benzene rings is 2. The number of hydrogen-bond acceptors (Lipinski definition) is 4. The van der Waals surface area contributed by atoms with Crippen LogP contribution in [0.15, 0.2) is 42.6 Å². The Hall–Kier alpha value is -3.75. The zero-order valence-electron chi connectivity index (χ0n) is 22.0. The number of carboxylic acid groups (broad SMARTS) is 1. The fraction of sp³-hybridized carbons (Fsp3) is 0.414. The van der Waals surface area contributed by atoms with Crippen LogP contribution in [0.4, 0.5) is 20.2 Å². The van der Waals surface area contributed by atoms with Crippen molar-refractivity contribution in [1.29, 1.82) is 0 Å². The van der Waals surface area contributed by atoms with E-state index in [4.69, 9.17) is 0 Å². The molecule has 7 nitrogen and oxygen atoms in total. The second-order valence-electron chi connectivity index (χ2n) is 10.4. The van der Waals surface area contributed by atoms with Gasteiger partial charge in [-0.1, -0.05) is 33.1 Å². The van der Waals surface area contributed by atoms with Gasteiger partial charge < -0.3 is 15.3 Å². The first-order valence-electron chi connectivity index (χ1n) is 13.0. The van der Waals surface area contributed by atoms with E-state index in [1.54, 1.807) is 24.0 Å². The molecule has 1 saturated carbocycles. The number of carboxylic acids is 1. The largest absolute Gasteiger partial charge is 0.478 e. The van der Waals surface area contributed by atoms with Crippen molar-refractivity contribution >= 4 is 23.3 Å². The first-order chi connectivity index (χ1) is 18.1. The molecule has 2 aromatic carbocycles. The minimum absolute atomic E-state index is 0.0148. The summed E-state index contributed by atoms with van der Waals surface area (Å²) in [5.74, 6) is -2.72. The van der Waals surface area contributed by atoms with Gasteiger partial charge in [-0.05, 0) is 55.2 Å². The number of nitrogens with one attached hydrogen (secondary N) is 1. The molecule has 1 fully saturated rings. The summed E-state index contributed by atoms with van der Waals surface area (Å²) in [6.07, 6.45) is 6.99. The van der Waals surface area contributed by atoms with Gasteiger partial charge in [0.15, 0.2) is 0 Å². The van der Waals surface area contributed by atoms with Gasteiger partial charge in [0.2, 0.25) is 5.91 Å². The van der Waals surface area contributed by atoms with Crippen molar-refractivity contribution in [2.24, 2.45) is 13.0 Å². The topological polar surface area (TPSA) is 87.5 Å². The van der Waals surface area contributed by atoms with E-state index < -0.39 is 17.6 Å². The van der Waals surface area contributed by atoms with Gasteiger partial charge in [0.25, 0.3) is 0 Å². The molecular formula is C29H34F2N4O3. The first kappa shape index (κ1) is 27.3. The van der Waals surface area contributed by atoms with E-state index in [2.05, 4.69) is 29.2 Å². The summed E-state index contributed by atoms with van der Waals surface area (Å²) >= 11 is 0. The van der Waals surface area contributed by atoms with Gasteiger partial charge in [0.1, 0.15) is 11.6 Å². The molecule has 1 amide bonds. The Morgan fingerprint density at radius 2 is 1.84 bits per heavy atom. The number of carbonyl (C=O) groups is 2. The lowest BCUT2D eigenvalue weighted by Gasteiger charge is -2.38. The van der Waals surface area contributed by atoms with Crippen molar-refractivity contribution in [1.82, 2.24) is 9.78 Å². The Balaban J connectivity index is 1.82. The smallest absolute Gasteiger partial charge is 0.336 e. The standard InChI is InChI=1S/C29H34F2N4O3/c1-18(2)17-35(21-7-5-4-6-8-21)27-16-25(31)24(23-13-19(30)9-10-22(23)29(37)38)15-26(27)32-28(36)14-20-11-12-34(3)33-20/h9-13,15-16,18,21H,4-8,14,17H2,1-3H3,(H,32,36)(H,37,38). The molecule has 1 aliphatic carbocycles. The van der Waals surface area contributed by atoms with E-state index in [1.807, 2.05) is 0 Å². The summed E-state index contributed by atoms with van der Waals surface area (Å²) in [6, 6.07) is 7.86. The third kappa shape index (κ3) is 6.38. The first-order valence-corrected chi connectivity index (χ1v) is 13.0. The maximum Gasteiger partial charge on any atom is 0.336 e. The van der Waals surface area contributed by atoms with Crippen LogP contribution in [-0.4, -0.2) is 39.4 Å². The zero-order valence-corrected chi connectivity index (χ0v) is 22.0. The average Bonchev–Trinajstić information content (AvgIpc) is 3.27. The van der Waals surface area contributed by atoms with Gasteiger partial charge in [0.05, 0.1) is 29.1 Å². The molecule has 202 valence electrons. The predicted molar refractivity (Wildman–Crippen MR) is 143 cm³/mol. The molecule has 3 aromatic rings. The molecule has 1 aromatic heterocycles. The van der Waals surface area contributed by atoms with E-state index in [0.717, 1.165) is 50.3 Å². The zero-order chi connectivity index (χ0) is 27.4. The van der Waals surface area contributed by atoms with Crippen molar-refractivity contribution in [3.63, 3.8) is 0 Å². The van der Waals surface area contributed by atoms with E-state index >= 15 is 4.39 Å². The van der Waals surface area contributed by atoms with E-state index in [0.29, 0.717) is 23.6 Å². The van der Waals surface area contributed by atoms with Gasteiger partial charge in [-0.15, -0.1) is 0 Å². The Morgan fingerprint density at radius 1 is 1.11 bits per heavy atom. The normalized spacial score (nSPS) is 14.1. The minimum atomic E-state index is -1.30. The maximum absolute atomic E-state index is 15.8. The number of hydrogen-bond donors (Lipinski definition) is 2. The van der Waals surface area contributed by atoms with Crippen LogP contribution < -0.4 is 10.2 Å². The summed E-state index contributed by atoms with van der Waals surface area (Å²) < 4.78 is 31.6. The molecule has 9 heteroatoms. The molecule has 0 radical (unpaired) electrons. The van der Waals surface area contributed by atoms with Crippen LogP contribution in [0.2, 0.25) is 0 Å². The lowest BCUT2D eigenvalue weighted by Crippen LogP contribution is -2.40. The van der Waals surface area contributed by atoms with Crippen molar-refractivity contribution in [2.45, 2.75) is 58.4 Å². The van der Waals surface area contributed by atoms with Crippen LogP contribution in [0.1, 0.15) is 62.0 Å². The molecule has 4 rings (SSSR count). The molecule has 0 bridgehead atoms.